The van der Waals surface area contributed by atoms with E-state index in [1.165, 1.54) is 5.56 Å². The molecule has 0 amide bonds. The van der Waals surface area contributed by atoms with Crippen LogP contribution in [0.4, 0.5) is 0 Å². The van der Waals surface area contributed by atoms with Crippen LogP contribution in [0.2, 0.25) is 0 Å². The summed E-state index contributed by atoms with van der Waals surface area (Å²) >= 11 is 0. The van der Waals surface area contributed by atoms with Crippen LogP contribution in [0.25, 0.3) is 33.1 Å². The number of nitrogens with zero attached hydrogens (tertiary/aromatic N) is 2. The van der Waals surface area contributed by atoms with Gasteiger partial charge < -0.3 is 9.15 Å². The first kappa shape index (κ1) is 21.4. The van der Waals surface area contributed by atoms with E-state index in [2.05, 4.69) is 36.9 Å². The largest absolute Gasteiger partial charge is 0.481 e. The first-order valence-corrected chi connectivity index (χ1v) is 11.0. The lowest BCUT2D eigenvalue weighted by molar-refractivity contribution is 0.103. The monoisotopic (exact) mass is 446 g/mol. The van der Waals surface area contributed by atoms with Crippen LogP contribution in [0.3, 0.4) is 0 Å². The van der Waals surface area contributed by atoms with E-state index in [-0.39, 0.29) is 18.2 Å². The van der Waals surface area contributed by atoms with Gasteiger partial charge in [-0.15, -0.1) is 6.42 Å². The van der Waals surface area contributed by atoms with Crippen LogP contribution in [0.5, 0.6) is 5.75 Å². The number of ketones is 1. The fourth-order valence-electron chi connectivity index (χ4n) is 3.91. The Morgan fingerprint density at radius 3 is 2.62 bits per heavy atom. The third kappa shape index (κ3) is 4.02. The van der Waals surface area contributed by atoms with Crippen molar-refractivity contribution in [1.82, 2.24) is 9.97 Å². The summed E-state index contributed by atoms with van der Waals surface area (Å²) in [6.45, 7) is 4.47. The maximum absolute atomic E-state index is 13.4. The maximum Gasteiger partial charge on any atom is 0.230 e. The van der Waals surface area contributed by atoms with Gasteiger partial charge in [0.15, 0.2) is 0 Å². The molecule has 0 aliphatic carbocycles. The van der Waals surface area contributed by atoms with Gasteiger partial charge in [-0.1, -0.05) is 44.0 Å². The lowest BCUT2D eigenvalue weighted by Gasteiger charge is -2.12. The van der Waals surface area contributed by atoms with Gasteiger partial charge in [0.05, 0.1) is 17.5 Å². The molecule has 3 aromatic carbocycles. The second kappa shape index (κ2) is 8.84. The zero-order valence-electron chi connectivity index (χ0n) is 18.9. The van der Waals surface area contributed by atoms with Crippen molar-refractivity contribution in [3.8, 4) is 29.4 Å². The van der Waals surface area contributed by atoms with Crippen LogP contribution < -0.4 is 4.74 Å². The minimum atomic E-state index is -0.252. The van der Waals surface area contributed by atoms with Gasteiger partial charge >= 0.3 is 0 Å². The summed E-state index contributed by atoms with van der Waals surface area (Å²) in [5.74, 6) is 3.39. The van der Waals surface area contributed by atoms with Gasteiger partial charge in [-0.2, -0.15) is 0 Å². The highest BCUT2D eigenvalue weighted by Crippen LogP contribution is 2.31. The van der Waals surface area contributed by atoms with Crippen molar-refractivity contribution in [3.05, 3.63) is 89.9 Å². The van der Waals surface area contributed by atoms with E-state index in [9.17, 15) is 4.79 Å². The Morgan fingerprint density at radius 1 is 1.03 bits per heavy atom. The Balaban J connectivity index is 1.65. The van der Waals surface area contributed by atoms with Gasteiger partial charge in [-0.25, -0.2) is 9.97 Å². The number of carbonyl (C=O) groups is 1. The van der Waals surface area contributed by atoms with Crippen LogP contribution >= 0.6 is 0 Å². The van der Waals surface area contributed by atoms with Gasteiger partial charge in [0, 0.05) is 21.9 Å². The molecular weight excluding hydrogens is 424 g/mol. The summed E-state index contributed by atoms with van der Waals surface area (Å²) in [6, 6.07) is 20.8. The van der Waals surface area contributed by atoms with Crippen LogP contribution in [0, 0.1) is 12.3 Å². The Bertz CT molecular complexity index is 1560. The molecule has 0 saturated heterocycles. The summed E-state index contributed by atoms with van der Waals surface area (Å²) in [6.07, 6.45) is 6.94. The normalized spacial score (nSPS) is 11.1. The standard InChI is InChI=1S/C29H22N2O3/c1-4-14-33-23-10-11-25-24(17-23)27(20-7-5-19(6-8-20)18(2)3)31-29(30-25)28(32)22-9-12-26-21(16-22)13-15-34-26/h1,5-13,15-18H,14H2,2-3H3. The number of rotatable bonds is 6. The third-order valence-corrected chi connectivity index (χ3v) is 5.76. The van der Waals surface area contributed by atoms with Gasteiger partial charge in [-0.3, -0.25) is 4.79 Å². The zero-order valence-corrected chi connectivity index (χ0v) is 18.9. The molecule has 0 saturated carbocycles. The number of fused-ring (bicyclic) bond motifs is 2. The minimum absolute atomic E-state index is 0.135. The smallest absolute Gasteiger partial charge is 0.230 e. The predicted octanol–water partition coefficient (Wildman–Crippen LogP) is 6.41. The molecule has 0 atom stereocenters. The number of terminal acetylenes is 1. The van der Waals surface area contributed by atoms with Gasteiger partial charge in [0.1, 0.15) is 17.9 Å². The van der Waals surface area contributed by atoms with Crippen molar-refractivity contribution in [2.45, 2.75) is 19.8 Å². The number of aromatic nitrogens is 2. The van der Waals surface area contributed by atoms with Crippen LogP contribution in [-0.2, 0) is 0 Å². The lowest BCUT2D eigenvalue weighted by atomic mass is 9.99. The molecule has 2 aromatic heterocycles. The Morgan fingerprint density at radius 2 is 1.85 bits per heavy atom. The molecule has 0 radical (unpaired) electrons. The molecular formula is C29H22N2O3. The summed E-state index contributed by atoms with van der Waals surface area (Å²) in [4.78, 5) is 22.7. The van der Waals surface area contributed by atoms with E-state index in [0.29, 0.717) is 28.4 Å². The predicted molar refractivity (Wildman–Crippen MR) is 133 cm³/mol. The number of ether oxygens (including phenoxy) is 1. The summed E-state index contributed by atoms with van der Waals surface area (Å²) in [7, 11) is 0. The van der Waals surface area contributed by atoms with Crippen LogP contribution in [0.15, 0.2) is 77.4 Å². The molecule has 0 spiro atoms. The maximum atomic E-state index is 13.4. The highest BCUT2D eigenvalue weighted by molar-refractivity contribution is 6.09. The van der Waals surface area contributed by atoms with Crippen LogP contribution in [0.1, 0.15) is 41.5 Å². The summed E-state index contributed by atoms with van der Waals surface area (Å²) < 4.78 is 11.0. The molecule has 2 heterocycles. The number of hydrogen-bond donors (Lipinski definition) is 0. The van der Waals surface area contributed by atoms with Crippen molar-refractivity contribution < 1.29 is 13.9 Å². The van der Waals surface area contributed by atoms with Crippen LogP contribution in [-0.4, -0.2) is 22.4 Å². The molecule has 0 aliphatic rings. The third-order valence-electron chi connectivity index (χ3n) is 5.76. The van der Waals surface area contributed by atoms with Gasteiger partial charge in [0.2, 0.25) is 11.6 Å². The van der Waals surface area contributed by atoms with E-state index in [1.807, 2.05) is 30.3 Å². The molecule has 5 nitrogen and oxygen atoms in total. The van der Waals surface area contributed by atoms with E-state index in [4.69, 9.17) is 20.6 Å². The van der Waals surface area contributed by atoms with Crippen molar-refractivity contribution in [2.75, 3.05) is 6.61 Å². The minimum Gasteiger partial charge on any atom is -0.481 e. The molecule has 34 heavy (non-hydrogen) atoms. The fourth-order valence-corrected chi connectivity index (χ4v) is 3.91. The van der Waals surface area contributed by atoms with Gasteiger partial charge in [-0.05, 0) is 53.9 Å². The Kier molecular flexibility index (Phi) is 5.57. The molecule has 5 rings (SSSR count). The number of carbonyl (C=O) groups excluding carboxylic acids is 1. The Labute approximate surface area is 197 Å². The quantitative estimate of drug-likeness (QED) is 0.223. The first-order chi connectivity index (χ1) is 16.5. The average Bonchev–Trinajstić information content (AvgIpc) is 3.34. The zero-order chi connectivity index (χ0) is 23.7. The molecule has 0 bridgehead atoms. The van der Waals surface area contributed by atoms with Crippen molar-refractivity contribution >= 4 is 27.7 Å². The number of hydrogen-bond acceptors (Lipinski definition) is 5. The van der Waals surface area contributed by atoms with E-state index < -0.39 is 0 Å². The van der Waals surface area contributed by atoms with E-state index in [0.717, 1.165) is 21.9 Å². The summed E-state index contributed by atoms with van der Waals surface area (Å²) in [5, 5.41) is 1.64. The SMILES string of the molecule is C#CCOc1ccc2nc(C(=O)c3ccc4occc4c3)nc(-c3ccc(C(C)C)cc3)c2c1. The van der Waals surface area contributed by atoms with Crippen molar-refractivity contribution in [2.24, 2.45) is 0 Å². The highest BCUT2D eigenvalue weighted by Gasteiger charge is 2.18. The number of furan rings is 1. The van der Waals surface area contributed by atoms with E-state index in [1.54, 1.807) is 30.5 Å². The van der Waals surface area contributed by atoms with E-state index >= 15 is 0 Å². The highest BCUT2D eigenvalue weighted by atomic mass is 16.5. The second-order valence-corrected chi connectivity index (χ2v) is 8.35. The van der Waals surface area contributed by atoms with Crippen molar-refractivity contribution in [1.29, 1.82) is 0 Å². The molecule has 5 heteroatoms. The topological polar surface area (TPSA) is 65.2 Å². The average molecular weight is 447 g/mol. The molecule has 0 fully saturated rings. The number of benzene rings is 3. The second-order valence-electron chi connectivity index (χ2n) is 8.35. The fraction of sp³-hybridized carbons (Fsp3) is 0.138. The molecule has 0 aliphatic heterocycles. The first-order valence-electron chi connectivity index (χ1n) is 11.0. The van der Waals surface area contributed by atoms with Gasteiger partial charge in [0.25, 0.3) is 0 Å². The lowest BCUT2D eigenvalue weighted by Crippen LogP contribution is -2.09. The Hall–Kier alpha value is -4.43. The molecule has 5 aromatic rings. The van der Waals surface area contributed by atoms with Crippen molar-refractivity contribution in [3.63, 3.8) is 0 Å². The summed E-state index contributed by atoms with van der Waals surface area (Å²) in [5.41, 5.74) is 4.66. The molecule has 166 valence electrons. The molecule has 0 N–H and O–H groups in total. The molecule has 0 unspecified atom stereocenters.